The molecule has 0 atom stereocenters. The van der Waals surface area contributed by atoms with Crippen LogP contribution in [0.3, 0.4) is 0 Å². The zero-order chi connectivity index (χ0) is 45.5. The number of benzene rings is 5. The van der Waals surface area contributed by atoms with E-state index in [1.54, 1.807) is 0 Å². The second-order valence-corrected chi connectivity index (χ2v) is 17.4. The van der Waals surface area contributed by atoms with E-state index in [0.29, 0.717) is 50.6 Å². The second kappa shape index (κ2) is 20.2. The fourth-order valence-corrected chi connectivity index (χ4v) is 10.1. The molecule has 9 nitrogen and oxygen atoms in total. The molecule has 0 radical (unpaired) electrons. The van der Waals surface area contributed by atoms with Crippen LogP contribution in [-0.2, 0) is 0 Å². The molecule has 0 saturated heterocycles. The summed E-state index contributed by atoms with van der Waals surface area (Å²) in [6.07, 6.45) is 13.0. The van der Waals surface area contributed by atoms with Crippen molar-refractivity contribution in [1.29, 1.82) is 5.26 Å². The Balaban J connectivity index is 1.62. The zero-order valence-corrected chi connectivity index (χ0v) is 38.3. The van der Waals surface area contributed by atoms with Crippen LogP contribution < -0.4 is 27.8 Å². The lowest BCUT2D eigenvalue weighted by Gasteiger charge is -2.36. The van der Waals surface area contributed by atoms with Gasteiger partial charge in [0.2, 0.25) is 5.71 Å². The Kier molecular flexibility index (Phi) is 14.3. The predicted molar refractivity (Wildman–Crippen MR) is 270 cm³/mol. The third kappa shape index (κ3) is 8.16. The van der Waals surface area contributed by atoms with Crippen molar-refractivity contribution in [3.8, 4) is 6.07 Å². The van der Waals surface area contributed by atoms with E-state index in [-0.39, 0.29) is 11.5 Å². The van der Waals surface area contributed by atoms with E-state index in [0.717, 1.165) is 158 Å². The van der Waals surface area contributed by atoms with Crippen molar-refractivity contribution < 1.29 is 9.68 Å². The summed E-state index contributed by atoms with van der Waals surface area (Å²) in [7, 11) is 0. The highest BCUT2D eigenvalue weighted by Gasteiger charge is 2.44. The Bertz CT molecular complexity index is 2650. The average molecular weight is 854 g/mol. The Morgan fingerprint density at radius 2 is 1.06 bits per heavy atom. The van der Waals surface area contributed by atoms with Crippen molar-refractivity contribution in [3.63, 3.8) is 0 Å². The van der Waals surface area contributed by atoms with E-state index >= 15 is 0 Å². The van der Waals surface area contributed by atoms with Crippen LogP contribution >= 0.6 is 0 Å². The molecule has 7 rings (SSSR count). The number of unbranched alkanes of at least 4 members (excludes halogenated alkanes) is 8. The fourth-order valence-electron chi connectivity index (χ4n) is 10.1. The van der Waals surface area contributed by atoms with Gasteiger partial charge >= 0.3 is 0 Å². The second-order valence-electron chi connectivity index (χ2n) is 17.4. The third-order valence-electron chi connectivity index (χ3n) is 13.1. The molecule has 2 aliphatic rings. The van der Waals surface area contributed by atoms with Crippen LogP contribution in [0.4, 0.5) is 28.4 Å². The van der Waals surface area contributed by atoms with Gasteiger partial charge in [0.15, 0.2) is 0 Å². The Morgan fingerprint density at radius 1 is 0.609 bits per heavy atom. The maximum atomic E-state index is 13.0. The summed E-state index contributed by atoms with van der Waals surface area (Å²) in [6.45, 7) is 20.8. The lowest BCUT2D eigenvalue weighted by atomic mass is 9.68. The van der Waals surface area contributed by atoms with E-state index in [4.69, 9.17) is 29.5 Å². The summed E-state index contributed by atoms with van der Waals surface area (Å²) in [5.74, 6) is -0.0689. The highest BCUT2D eigenvalue weighted by atomic mass is 16.3. The fraction of sp³-hybridized carbons (Fsp3) is 0.364. The van der Waals surface area contributed by atoms with Gasteiger partial charge in [0.1, 0.15) is 18.8 Å². The molecule has 9 N–H and O–H groups in total. The summed E-state index contributed by atoms with van der Waals surface area (Å²) in [4.78, 5) is 6.33. The van der Waals surface area contributed by atoms with Crippen LogP contribution in [0.25, 0.3) is 37.5 Å². The SMILES string of the molecule is [C-]#[N+]C(C#N)=C1C(=C2c3c(N)cccc3C(=[N+](CCCCC)CCCCC)c3cccc(N)c32)C(O)=C1c1c2c(N)cccc2c(N(CCCCC)CCCCC)c2cccc(N)c12. The van der Waals surface area contributed by atoms with Crippen molar-refractivity contribution in [2.75, 3.05) is 54.0 Å². The maximum absolute atomic E-state index is 13.0. The highest BCUT2D eigenvalue weighted by Crippen LogP contribution is 2.58. The molecule has 5 aromatic carbocycles. The molecule has 5 aromatic rings. The molecule has 0 unspecified atom stereocenters. The number of nitriles is 1. The molecule has 0 amide bonds. The van der Waals surface area contributed by atoms with Crippen LogP contribution in [-0.4, -0.2) is 41.6 Å². The number of nitrogens with two attached hydrogens (primary N) is 4. The third-order valence-corrected chi connectivity index (χ3v) is 13.1. The van der Waals surface area contributed by atoms with Crippen LogP contribution in [0.1, 0.15) is 133 Å². The summed E-state index contributed by atoms with van der Waals surface area (Å²) in [5.41, 5.74) is 37.8. The predicted octanol–water partition coefficient (Wildman–Crippen LogP) is 12.5. The molecule has 64 heavy (non-hydrogen) atoms. The van der Waals surface area contributed by atoms with E-state index < -0.39 is 0 Å². The minimum atomic E-state index is -0.159. The first kappa shape index (κ1) is 45.3. The van der Waals surface area contributed by atoms with E-state index in [1.807, 2.05) is 48.5 Å². The van der Waals surface area contributed by atoms with Gasteiger partial charge in [0, 0.05) is 109 Å². The molecule has 0 spiro atoms. The number of rotatable bonds is 18. The van der Waals surface area contributed by atoms with Gasteiger partial charge < -0.3 is 32.9 Å². The summed E-state index contributed by atoms with van der Waals surface area (Å²) in [5, 5.41) is 27.2. The van der Waals surface area contributed by atoms with Crippen molar-refractivity contribution in [3.05, 3.63) is 135 Å². The number of aliphatic hydroxyl groups excluding tert-OH is 1. The summed E-state index contributed by atoms with van der Waals surface area (Å²) >= 11 is 0. The first-order valence-electron chi connectivity index (χ1n) is 23.6. The van der Waals surface area contributed by atoms with E-state index in [2.05, 4.69) is 72.4 Å². The van der Waals surface area contributed by atoms with Crippen molar-refractivity contribution >= 4 is 66.8 Å². The van der Waals surface area contributed by atoms with E-state index in [9.17, 15) is 10.4 Å². The van der Waals surface area contributed by atoms with Crippen molar-refractivity contribution in [2.45, 2.75) is 105 Å². The topological polar surface area (TPSA) is 159 Å². The van der Waals surface area contributed by atoms with Gasteiger partial charge in [-0.15, -0.1) is 0 Å². The molecule has 9 heteroatoms. The number of hydrogen-bond acceptors (Lipinski definition) is 7. The van der Waals surface area contributed by atoms with Crippen LogP contribution in [0, 0.1) is 17.9 Å². The number of nitrogen functional groups attached to an aromatic ring is 4. The Morgan fingerprint density at radius 3 is 1.52 bits per heavy atom. The number of allylic oxidation sites excluding steroid dienone is 3. The van der Waals surface area contributed by atoms with Gasteiger partial charge in [-0.2, -0.15) is 0 Å². The van der Waals surface area contributed by atoms with E-state index in [1.165, 1.54) is 0 Å². The van der Waals surface area contributed by atoms with Crippen LogP contribution in [0.5, 0.6) is 0 Å². The van der Waals surface area contributed by atoms with Gasteiger partial charge in [-0.05, 0) is 62.1 Å². The minimum absolute atomic E-state index is 0.0689. The molecular weight excluding hydrogens is 789 g/mol. The minimum Gasteiger partial charge on any atom is -0.507 e. The smallest absolute Gasteiger partial charge is 0.270 e. The monoisotopic (exact) mass is 854 g/mol. The molecule has 0 fully saturated rings. The zero-order valence-electron chi connectivity index (χ0n) is 38.3. The van der Waals surface area contributed by atoms with Gasteiger partial charge in [-0.1, -0.05) is 103 Å². The quantitative estimate of drug-likeness (QED) is 0.0144. The molecule has 0 saturated carbocycles. The van der Waals surface area contributed by atoms with Crippen LogP contribution in [0.15, 0.2) is 95.4 Å². The molecule has 330 valence electrons. The molecular formula is C55H65N8O+. The highest BCUT2D eigenvalue weighted by molar-refractivity contribution is 6.29. The standard InChI is InChI=1S/C55H64N8O/c1-6-10-14-30-62(31-15-11-7-2)53-35-22-18-26-39(57)44(35)49(45-36(53)23-19-27-40(45)58)51-48(43(34-56)61-5)52(55(51)64)50-46-37(24-20-28-41(46)59)54(38-25-21-29-42(60)47(38)50)63(32-16-12-8-3)33-17-13-9-4/h18-29H,6-17,30-33,57-60H2,1-4H3/p+1. The Hall–Kier alpha value is -6.71. The lowest BCUT2D eigenvalue weighted by molar-refractivity contribution is -0.528. The average Bonchev–Trinajstić information content (AvgIpc) is 3.28. The number of hydrogen-bond donors (Lipinski definition) is 5. The number of fused-ring (bicyclic) bond motifs is 4. The summed E-state index contributed by atoms with van der Waals surface area (Å²) in [6, 6.07) is 26.0. The van der Waals surface area contributed by atoms with Crippen molar-refractivity contribution in [2.24, 2.45) is 0 Å². The van der Waals surface area contributed by atoms with Gasteiger partial charge in [0.25, 0.3) is 5.70 Å². The normalized spacial score (nSPS) is 14.0. The van der Waals surface area contributed by atoms with Gasteiger partial charge in [-0.3, -0.25) is 0 Å². The Labute approximate surface area is 379 Å². The number of aliphatic hydroxyl groups is 1. The summed E-state index contributed by atoms with van der Waals surface area (Å²) < 4.78 is 2.49. The van der Waals surface area contributed by atoms with Gasteiger partial charge in [0.05, 0.1) is 29.5 Å². The molecule has 2 aliphatic carbocycles. The number of nitrogens with zero attached hydrogens (tertiary/aromatic N) is 4. The number of anilines is 5. The van der Waals surface area contributed by atoms with Gasteiger partial charge in [-0.25, -0.2) is 14.7 Å². The molecule has 0 bridgehead atoms. The van der Waals surface area contributed by atoms with Crippen LogP contribution in [0.2, 0.25) is 0 Å². The first-order chi connectivity index (χ1) is 31.2. The maximum Gasteiger partial charge on any atom is 0.270 e. The molecule has 0 aliphatic heterocycles. The largest absolute Gasteiger partial charge is 0.507 e. The molecule has 0 aromatic heterocycles. The lowest BCUT2D eigenvalue weighted by Crippen LogP contribution is -2.31. The first-order valence-corrected chi connectivity index (χ1v) is 23.6. The molecule has 0 heterocycles. The van der Waals surface area contributed by atoms with Crippen molar-refractivity contribution in [1.82, 2.24) is 0 Å².